The van der Waals surface area contributed by atoms with E-state index in [4.69, 9.17) is 9.47 Å². The van der Waals surface area contributed by atoms with Crippen LogP contribution in [0.15, 0.2) is 89.8 Å². The SMILES string of the molecule is CCOC(CN1C(c2ccccc2)=C(c2ccccc2)Sc2ccccc21)OCC. The van der Waals surface area contributed by atoms with E-state index in [9.17, 15) is 0 Å². The largest absolute Gasteiger partial charge is 0.351 e. The third-order valence-corrected chi connectivity index (χ3v) is 6.17. The number of hydrogen-bond donors (Lipinski definition) is 0. The molecule has 0 unspecified atom stereocenters. The highest BCUT2D eigenvalue weighted by molar-refractivity contribution is 8.08. The molecule has 0 amide bonds. The lowest BCUT2D eigenvalue weighted by molar-refractivity contribution is -0.128. The summed E-state index contributed by atoms with van der Waals surface area (Å²) >= 11 is 1.83. The molecule has 0 radical (unpaired) electrons. The maximum Gasteiger partial charge on any atom is 0.175 e. The van der Waals surface area contributed by atoms with Gasteiger partial charge >= 0.3 is 0 Å². The van der Waals surface area contributed by atoms with Gasteiger partial charge in [-0.05, 0) is 37.1 Å². The molecule has 1 heterocycles. The topological polar surface area (TPSA) is 21.7 Å². The van der Waals surface area contributed by atoms with Crippen LogP contribution in [0, 0.1) is 0 Å². The van der Waals surface area contributed by atoms with Gasteiger partial charge in [-0.25, -0.2) is 0 Å². The first-order valence-electron chi connectivity index (χ1n) is 10.4. The van der Waals surface area contributed by atoms with Crippen molar-refractivity contribution in [2.45, 2.75) is 25.0 Å². The highest BCUT2D eigenvalue weighted by atomic mass is 32.2. The van der Waals surface area contributed by atoms with Crippen LogP contribution in [0.3, 0.4) is 0 Å². The van der Waals surface area contributed by atoms with Gasteiger partial charge < -0.3 is 14.4 Å². The van der Waals surface area contributed by atoms with Crippen LogP contribution in [0.4, 0.5) is 5.69 Å². The lowest BCUT2D eigenvalue weighted by Gasteiger charge is -2.37. The Labute approximate surface area is 183 Å². The number of para-hydroxylation sites is 1. The quantitative estimate of drug-likeness (QED) is 0.389. The van der Waals surface area contributed by atoms with E-state index >= 15 is 0 Å². The van der Waals surface area contributed by atoms with E-state index < -0.39 is 0 Å². The number of benzene rings is 3. The van der Waals surface area contributed by atoms with Crippen LogP contribution in [0.2, 0.25) is 0 Å². The van der Waals surface area contributed by atoms with Gasteiger partial charge in [-0.3, -0.25) is 0 Å². The Kier molecular flexibility index (Phi) is 6.90. The van der Waals surface area contributed by atoms with Crippen LogP contribution in [-0.2, 0) is 9.47 Å². The maximum absolute atomic E-state index is 5.93. The summed E-state index contributed by atoms with van der Waals surface area (Å²) in [6, 6.07) is 29.8. The Morgan fingerprint density at radius 2 is 1.30 bits per heavy atom. The van der Waals surface area contributed by atoms with Gasteiger partial charge in [-0.15, -0.1) is 0 Å². The molecule has 0 spiro atoms. The van der Waals surface area contributed by atoms with Gasteiger partial charge in [0.1, 0.15) is 0 Å². The van der Waals surface area contributed by atoms with Crippen LogP contribution in [0.1, 0.15) is 25.0 Å². The first-order chi connectivity index (χ1) is 14.8. The van der Waals surface area contributed by atoms with Gasteiger partial charge in [0.15, 0.2) is 6.29 Å². The third-order valence-electron chi connectivity index (χ3n) is 4.97. The standard InChI is InChI=1S/C26H27NO2S/c1-3-28-24(29-4-2)19-27-22-17-11-12-18-23(22)30-26(21-15-9-6-10-16-21)25(27)20-13-7-5-8-14-20/h5-18,24H,3-4,19H2,1-2H3. The van der Waals surface area contributed by atoms with Crippen molar-refractivity contribution in [2.24, 2.45) is 0 Å². The monoisotopic (exact) mass is 417 g/mol. The minimum atomic E-state index is -0.299. The highest BCUT2D eigenvalue weighted by Gasteiger charge is 2.29. The summed E-state index contributed by atoms with van der Waals surface area (Å²) in [5, 5.41) is 0. The van der Waals surface area contributed by atoms with E-state index in [0.717, 1.165) is 0 Å². The van der Waals surface area contributed by atoms with Crippen molar-refractivity contribution in [1.82, 2.24) is 0 Å². The van der Waals surface area contributed by atoms with Crippen LogP contribution >= 0.6 is 11.8 Å². The molecule has 1 aliphatic heterocycles. The highest BCUT2D eigenvalue weighted by Crippen LogP contribution is 2.50. The number of hydrogen-bond acceptors (Lipinski definition) is 4. The summed E-state index contributed by atoms with van der Waals surface area (Å²) in [5.41, 5.74) is 4.77. The van der Waals surface area contributed by atoms with E-state index in [0.29, 0.717) is 19.8 Å². The molecule has 1 aliphatic rings. The number of ether oxygens (including phenoxy) is 2. The predicted octanol–water partition coefficient (Wildman–Crippen LogP) is 6.52. The van der Waals surface area contributed by atoms with Gasteiger partial charge in [0.25, 0.3) is 0 Å². The molecule has 0 fully saturated rings. The molecule has 0 bridgehead atoms. The average molecular weight is 418 g/mol. The molecule has 154 valence electrons. The molecule has 4 rings (SSSR count). The van der Waals surface area contributed by atoms with E-state index in [1.54, 1.807) is 0 Å². The first kappa shape index (κ1) is 20.7. The van der Waals surface area contributed by atoms with Gasteiger partial charge in [0.05, 0.1) is 17.9 Å². The van der Waals surface area contributed by atoms with Crippen LogP contribution in [0.5, 0.6) is 0 Å². The molecule has 0 aliphatic carbocycles. The fourth-order valence-corrected chi connectivity index (χ4v) is 4.93. The Balaban J connectivity index is 1.89. The maximum atomic E-state index is 5.93. The number of thioether (sulfide) groups is 1. The summed E-state index contributed by atoms with van der Waals surface area (Å²) in [6.45, 7) is 5.88. The van der Waals surface area contributed by atoms with Crippen LogP contribution in [-0.4, -0.2) is 26.0 Å². The van der Waals surface area contributed by atoms with Gasteiger partial charge in [0, 0.05) is 23.0 Å². The van der Waals surface area contributed by atoms with E-state index in [1.807, 2.05) is 25.6 Å². The molecule has 3 aromatic carbocycles. The van der Waals surface area contributed by atoms with E-state index in [-0.39, 0.29) is 6.29 Å². The summed E-state index contributed by atoms with van der Waals surface area (Å²) in [5.74, 6) is 0. The second-order valence-electron chi connectivity index (χ2n) is 6.93. The van der Waals surface area contributed by atoms with Crippen molar-refractivity contribution >= 4 is 28.1 Å². The van der Waals surface area contributed by atoms with Gasteiger partial charge in [-0.2, -0.15) is 0 Å². The molecule has 4 heteroatoms. The molecule has 3 aromatic rings. The molecule has 30 heavy (non-hydrogen) atoms. The number of anilines is 1. The number of fused-ring (bicyclic) bond motifs is 1. The average Bonchev–Trinajstić information content (AvgIpc) is 2.80. The molecule has 0 atom stereocenters. The molecule has 0 N–H and O–H groups in total. The molecular formula is C26H27NO2S. The van der Waals surface area contributed by atoms with Crippen molar-refractivity contribution < 1.29 is 9.47 Å². The van der Waals surface area contributed by atoms with Crippen LogP contribution < -0.4 is 4.90 Å². The zero-order valence-corrected chi connectivity index (χ0v) is 18.3. The minimum Gasteiger partial charge on any atom is -0.351 e. The fourth-order valence-electron chi connectivity index (χ4n) is 3.70. The molecule has 0 saturated carbocycles. The first-order valence-corrected chi connectivity index (χ1v) is 11.3. The lowest BCUT2D eigenvalue weighted by atomic mass is 10.1. The summed E-state index contributed by atoms with van der Waals surface area (Å²) in [4.78, 5) is 4.84. The third kappa shape index (κ3) is 4.46. The normalized spacial score (nSPS) is 13.6. The molecular weight excluding hydrogens is 390 g/mol. The number of nitrogens with zero attached hydrogens (tertiary/aromatic N) is 1. The summed E-state index contributed by atoms with van der Waals surface area (Å²) in [7, 11) is 0. The molecule has 0 aromatic heterocycles. The second-order valence-corrected chi connectivity index (χ2v) is 7.98. The summed E-state index contributed by atoms with van der Waals surface area (Å²) in [6.07, 6.45) is -0.299. The van der Waals surface area contributed by atoms with Crippen LogP contribution in [0.25, 0.3) is 10.6 Å². The van der Waals surface area contributed by atoms with Gasteiger partial charge in [-0.1, -0.05) is 84.6 Å². The number of rotatable bonds is 8. The van der Waals surface area contributed by atoms with Crippen molar-refractivity contribution in [2.75, 3.05) is 24.7 Å². The molecule has 0 saturated heterocycles. The Morgan fingerprint density at radius 3 is 1.93 bits per heavy atom. The summed E-state index contributed by atoms with van der Waals surface area (Å²) < 4.78 is 11.9. The second kappa shape index (κ2) is 9.98. The Bertz CT molecular complexity index is 982. The smallest absolute Gasteiger partial charge is 0.175 e. The Hall–Kier alpha value is -2.53. The Morgan fingerprint density at radius 1 is 0.733 bits per heavy atom. The minimum absolute atomic E-state index is 0.299. The fraction of sp³-hybridized carbons (Fsp3) is 0.231. The van der Waals surface area contributed by atoms with E-state index in [1.165, 1.54) is 32.3 Å². The van der Waals surface area contributed by atoms with Crippen molar-refractivity contribution in [3.63, 3.8) is 0 Å². The van der Waals surface area contributed by atoms with Crippen molar-refractivity contribution in [1.29, 1.82) is 0 Å². The zero-order valence-electron chi connectivity index (χ0n) is 17.5. The van der Waals surface area contributed by atoms with Gasteiger partial charge in [0.2, 0.25) is 0 Å². The van der Waals surface area contributed by atoms with E-state index in [2.05, 4.69) is 89.8 Å². The molecule has 3 nitrogen and oxygen atoms in total. The zero-order chi connectivity index (χ0) is 20.8. The lowest BCUT2D eigenvalue weighted by Crippen LogP contribution is -2.36. The predicted molar refractivity (Wildman–Crippen MR) is 126 cm³/mol. The van der Waals surface area contributed by atoms with Crippen molar-refractivity contribution in [3.05, 3.63) is 96.1 Å². The van der Waals surface area contributed by atoms with Crippen molar-refractivity contribution in [3.8, 4) is 0 Å².